The van der Waals surface area contributed by atoms with Crippen molar-refractivity contribution in [3.8, 4) is 0 Å². The van der Waals surface area contributed by atoms with Crippen LogP contribution in [0.3, 0.4) is 0 Å². The molecule has 0 bridgehead atoms. The summed E-state index contributed by atoms with van der Waals surface area (Å²) in [6, 6.07) is 0. The number of amides is 2. The minimum absolute atomic E-state index is 0.0912. The lowest BCUT2D eigenvalue weighted by atomic mass is 9.98. The molecule has 0 spiro atoms. The lowest BCUT2D eigenvalue weighted by molar-refractivity contribution is -0.130. The van der Waals surface area contributed by atoms with Crippen molar-refractivity contribution in [1.29, 1.82) is 0 Å². The summed E-state index contributed by atoms with van der Waals surface area (Å²) < 4.78 is 5.97. The normalized spacial score (nSPS) is 11.7. The van der Waals surface area contributed by atoms with E-state index in [2.05, 4.69) is 13.2 Å². The summed E-state index contributed by atoms with van der Waals surface area (Å²) in [5.74, 6) is -0.190. The molecular formula is C18H32N2O3. The molecule has 0 heterocycles. The second kappa shape index (κ2) is 8.87. The second-order valence-electron chi connectivity index (χ2n) is 6.99. The van der Waals surface area contributed by atoms with Crippen molar-refractivity contribution in [3.05, 3.63) is 25.3 Å². The van der Waals surface area contributed by atoms with Crippen LogP contribution in [0.15, 0.2) is 25.3 Å². The Morgan fingerprint density at radius 3 is 2.00 bits per heavy atom. The number of nitrogens with zero attached hydrogens (tertiary/aromatic N) is 2. The van der Waals surface area contributed by atoms with E-state index in [4.69, 9.17) is 4.74 Å². The van der Waals surface area contributed by atoms with E-state index in [1.54, 1.807) is 23.9 Å². The molecule has 0 aliphatic rings. The van der Waals surface area contributed by atoms with Crippen LogP contribution in [0.2, 0.25) is 0 Å². The second-order valence-corrected chi connectivity index (χ2v) is 6.99. The van der Waals surface area contributed by atoms with Gasteiger partial charge in [0.05, 0.1) is 5.60 Å². The highest BCUT2D eigenvalue weighted by Crippen LogP contribution is 2.21. The molecule has 0 N–H and O–H groups in total. The Labute approximate surface area is 141 Å². The molecule has 0 aromatic heterocycles. The Balaban J connectivity index is 4.38. The Hall–Kier alpha value is -1.62. The number of hydrogen-bond acceptors (Lipinski definition) is 3. The highest BCUT2D eigenvalue weighted by molar-refractivity contribution is 5.87. The Morgan fingerprint density at radius 1 is 1.00 bits per heavy atom. The average molecular weight is 324 g/mol. The Morgan fingerprint density at radius 2 is 1.52 bits per heavy atom. The van der Waals surface area contributed by atoms with Gasteiger partial charge in [0.2, 0.25) is 11.8 Å². The topological polar surface area (TPSA) is 49.9 Å². The molecule has 5 nitrogen and oxygen atoms in total. The van der Waals surface area contributed by atoms with Crippen molar-refractivity contribution in [2.75, 3.05) is 27.2 Å². The van der Waals surface area contributed by atoms with E-state index in [-0.39, 0.29) is 23.0 Å². The summed E-state index contributed by atoms with van der Waals surface area (Å²) in [6.07, 6.45) is 4.07. The van der Waals surface area contributed by atoms with Gasteiger partial charge in [-0.1, -0.05) is 13.2 Å². The van der Waals surface area contributed by atoms with Gasteiger partial charge in [-0.15, -0.1) is 0 Å². The molecule has 0 radical (unpaired) electrons. The quantitative estimate of drug-likeness (QED) is 0.581. The zero-order valence-corrected chi connectivity index (χ0v) is 15.5. The summed E-state index contributed by atoms with van der Waals surface area (Å²) in [6.45, 7) is 16.1. The van der Waals surface area contributed by atoms with E-state index in [1.807, 2.05) is 27.7 Å². The first kappa shape index (κ1) is 21.4. The molecule has 132 valence electrons. The van der Waals surface area contributed by atoms with Crippen molar-refractivity contribution in [2.45, 2.75) is 51.7 Å². The summed E-state index contributed by atoms with van der Waals surface area (Å²) in [7, 11) is 3.52. The summed E-state index contributed by atoms with van der Waals surface area (Å²) in [5, 5.41) is 0. The molecule has 0 fully saturated rings. The molecule has 0 aromatic rings. The van der Waals surface area contributed by atoms with E-state index in [0.717, 1.165) is 6.42 Å². The first-order chi connectivity index (χ1) is 10.5. The van der Waals surface area contributed by atoms with Gasteiger partial charge < -0.3 is 14.5 Å². The first-order valence-corrected chi connectivity index (χ1v) is 7.88. The van der Waals surface area contributed by atoms with Gasteiger partial charge in [0.15, 0.2) is 0 Å². The average Bonchev–Trinajstić information content (AvgIpc) is 2.49. The smallest absolute Gasteiger partial charge is 0.246 e. The van der Waals surface area contributed by atoms with Crippen LogP contribution in [-0.2, 0) is 14.3 Å². The zero-order chi connectivity index (χ0) is 18.3. The van der Waals surface area contributed by atoms with Crippen LogP contribution in [-0.4, -0.2) is 60.0 Å². The van der Waals surface area contributed by atoms with Crippen LogP contribution < -0.4 is 0 Å². The van der Waals surface area contributed by atoms with Crippen molar-refractivity contribution >= 4 is 11.8 Å². The summed E-state index contributed by atoms with van der Waals surface area (Å²) in [4.78, 5) is 26.5. The van der Waals surface area contributed by atoms with Gasteiger partial charge in [0, 0.05) is 32.8 Å². The number of carbonyl (C=O) groups is 2. The van der Waals surface area contributed by atoms with E-state index in [9.17, 15) is 9.59 Å². The Kier molecular flexibility index (Phi) is 8.24. The van der Waals surface area contributed by atoms with Gasteiger partial charge in [-0.3, -0.25) is 9.59 Å². The SMILES string of the molecule is C=CC(=O)N(C)CCC(C)(C)OCCC(C)(C)N(C)C(=O)C=C. The van der Waals surface area contributed by atoms with E-state index >= 15 is 0 Å². The van der Waals surface area contributed by atoms with E-state index in [1.165, 1.54) is 12.2 Å². The third kappa shape index (κ3) is 7.46. The maximum absolute atomic E-state index is 11.7. The molecule has 0 aliphatic carbocycles. The molecule has 0 saturated heterocycles. The van der Waals surface area contributed by atoms with Crippen LogP contribution >= 0.6 is 0 Å². The minimum Gasteiger partial charge on any atom is -0.375 e. The molecule has 23 heavy (non-hydrogen) atoms. The maximum Gasteiger partial charge on any atom is 0.246 e. The van der Waals surface area contributed by atoms with Gasteiger partial charge in [-0.25, -0.2) is 0 Å². The Bertz CT molecular complexity index is 442. The monoisotopic (exact) mass is 324 g/mol. The number of likely N-dealkylation sites (N-methyl/N-ethyl adjacent to an activating group) is 2. The summed E-state index contributed by atoms with van der Waals surface area (Å²) >= 11 is 0. The molecular weight excluding hydrogens is 292 g/mol. The van der Waals surface area contributed by atoms with Crippen molar-refractivity contribution in [2.24, 2.45) is 0 Å². The highest BCUT2D eigenvalue weighted by Gasteiger charge is 2.27. The van der Waals surface area contributed by atoms with Crippen molar-refractivity contribution in [1.82, 2.24) is 9.80 Å². The van der Waals surface area contributed by atoms with Crippen LogP contribution in [0.1, 0.15) is 40.5 Å². The molecule has 0 saturated carbocycles. The fraction of sp³-hybridized carbons (Fsp3) is 0.667. The zero-order valence-electron chi connectivity index (χ0n) is 15.5. The van der Waals surface area contributed by atoms with E-state index < -0.39 is 0 Å². The van der Waals surface area contributed by atoms with Crippen molar-refractivity contribution in [3.63, 3.8) is 0 Å². The van der Waals surface area contributed by atoms with Gasteiger partial charge in [-0.2, -0.15) is 0 Å². The lowest BCUT2D eigenvalue weighted by Gasteiger charge is -2.36. The van der Waals surface area contributed by atoms with Gasteiger partial charge >= 0.3 is 0 Å². The number of ether oxygens (including phenoxy) is 1. The minimum atomic E-state index is -0.340. The van der Waals surface area contributed by atoms with Gasteiger partial charge in [0.25, 0.3) is 0 Å². The number of hydrogen-bond donors (Lipinski definition) is 0. The predicted octanol–water partition coefficient (Wildman–Crippen LogP) is 2.63. The summed E-state index contributed by atoms with van der Waals surface area (Å²) in [5.41, 5.74) is -0.649. The van der Waals surface area contributed by atoms with Gasteiger partial charge in [-0.05, 0) is 52.7 Å². The molecule has 0 aliphatic heterocycles. The van der Waals surface area contributed by atoms with Crippen LogP contribution in [0, 0.1) is 0 Å². The fourth-order valence-corrected chi connectivity index (χ4v) is 1.96. The van der Waals surface area contributed by atoms with E-state index in [0.29, 0.717) is 19.6 Å². The number of rotatable bonds is 10. The molecule has 0 aromatic carbocycles. The van der Waals surface area contributed by atoms with Crippen molar-refractivity contribution < 1.29 is 14.3 Å². The molecule has 0 rings (SSSR count). The largest absolute Gasteiger partial charge is 0.375 e. The first-order valence-electron chi connectivity index (χ1n) is 7.88. The lowest BCUT2D eigenvalue weighted by Crippen LogP contribution is -2.45. The van der Waals surface area contributed by atoms with Crippen LogP contribution in [0.4, 0.5) is 0 Å². The predicted molar refractivity (Wildman–Crippen MR) is 94.1 cm³/mol. The molecule has 2 amide bonds. The maximum atomic E-state index is 11.7. The third-order valence-electron chi connectivity index (χ3n) is 4.22. The molecule has 0 unspecified atom stereocenters. The third-order valence-corrected chi connectivity index (χ3v) is 4.22. The number of carbonyl (C=O) groups excluding carboxylic acids is 2. The molecule has 5 heteroatoms. The van der Waals surface area contributed by atoms with Gasteiger partial charge in [0.1, 0.15) is 0 Å². The molecule has 0 atom stereocenters. The standard InChI is InChI=1S/C18H32N2O3/c1-9-15(21)19(7)13-11-18(5,6)23-14-12-17(3,4)20(8)16(22)10-2/h9-10H,1-2,11-14H2,3-8H3. The fourth-order valence-electron chi connectivity index (χ4n) is 1.96. The van der Waals surface area contributed by atoms with Crippen LogP contribution in [0.5, 0.6) is 0 Å². The van der Waals surface area contributed by atoms with Crippen LogP contribution in [0.25, 0.3) is 0 Å². The highest BCUT2D eigenvalue weighted by atomic mass is 16.5.